The van der Waals surface area contributed by atoms with E-state index in [4.69, 9.17) is 10.00 Å². The lowest BCUT2D eigenvalue weighted by Gasteiger charge is -2.63. The van der Waals surface area contributed by atoms with Crippen LogP contribution in [0, 0.1) is 22.2 Å². The summed E-state index contributed by atoms with van der Waals surface area (Å²) in [5.41, 5.74) is -2.32. The number of carbonyl (C=O) groups excluding carboxylic acids is 1. The van der Waals surface area contributed by atoms with Crippen molar-refractivity contribution in [1.82, 2.24) is 15.3 Å². The Kier molecular flexibility index (Phi) is 5.23. The maximum atomic E-state index is 13.3. The van der Waals surface area contributed by atoms with E-state index in [-0.39, 0.29) is 17.7 Å². The molecule has 3 rings (SSSR count). The van der Waals surface area contributed by atoms with Gasteiger partial charge in [0.05, 0.1) is 22.8 Å². The van der Waals surface area contributed by atoms with E-state index < -0.39 is 34.2 Å². The van der Waals surface area contributed by atoms with Crippen molar-refractivity contribution in [2.75, 3.05) is 0 Å². The van der Waals surface area contributed by atoms with Crippen molar-refractivity contribution in [3.63, 3.8) is 0 Å². The first-order valence-corrected chi connectivity index (χ1v) is 9.23. The molecular weight excluding hydrogens is 397 g/mol. The summed E-state index contributed by atoms with van der Waals surface area (Å²) < 4.78 is 45.7. The second-order valence-electron chi connectivity index (χ2n) is 8.49. The van der Waals surface area contributed by atoms with E-state index in [0.29, 0.717) is 5.56 Å². The molecule has 30 heavy (non-hydrogen) atoms. The molecule has 9 heteroatoms. The average Bonchev–Trinajstić information content (AvgIpc) is 2.69. The number of halogens is 3. The van der Waals surface area contributed by atoms with E-state index in [1.807, 2.05) is 27.7 Å². The van der Waals surface area contributed by atoms with Gasteiger partial charge in [-0.3, -0.25) is 4.79 Å². The van der Waals surface area contributed by atoms with E-state index in [1.165, 1.54) is 24.8 Å². The smallest absolute Gasteiger partial charge is 0.417 e. The van der Waals surface area contributed by atoms with E-state index >= 15 is 0 Å². The highest BCUT2D eigenvalue weighted by molar-refractivity contribution is 5.94. The summed E-state index contributed by atoms with van der Waals surface area (Å²) in [5.74, 6) is -0.313. The maximum absolute atomic E-state index is 13.3. The Morgan fingerprint density at radius 1 is 1.17 bits per heavy atom. The summed E-state index contributed by atoms with van der Waals surface area (Å²) in [7, 11) is 0. The molecule has 1 aromatic heterocycles. The second kappa shape index (κ2) is 7.27. The van der Waals surface area contributed by atoms with Crippen LogP contribution >= 0.6 is 0 Å². The van der Waals surface area contributed by atoms with Crippen LogP contribution in [0.4, 0.5) is 13.2 Å². The molecule has 0 bridgehead atoms. The van der Waals surface area contributed by atoms with Gasteiger partial charge in [0.2, 0.25) is 0 Å². The van der Waals surface area contributed by atoms with Gasteiger partial charge in [-0.05, 0) is 18.2 Å². The number of rotatable bonds is 4. The number of hydrogen-bond acceptors (Lipinski definition) is 5. The molecule has 1 fully saturated rings. The van der Waals surface area contributed by atoms with Crippen molar-refractivity contribution in [3.05, 3.63) is 53.6 Å². The number of nitrogens with zero attached hydrogens (tertiary/aromatic N) is 3. The van der Waals surface area contributed by atoms with E-state index in [9.17, 15) is 18.0 Å². The number of amides is 1. The fourth-order valence-electron chi connectivity index (χ4n) is 4.50. The molecule has 6 nitrogen and oxygen atoms in total. The Labute approximate surface area is 172 Å². The topological polar surface area (TPSA) is 87.9 Å². The molecule has 0 unspecified atom stereocenters. The number of alkyl halides is 3. The van der Waals surface area contributed by atoms with E-state index in [1.54, 1.807) is 6.07 Å². The third kappa shape index (κ3) is 3.70. The van der Waals surface area contributed by atoms with Crippen LogP contribution in [0.5, 0.6) is 5.75 Å². The third-order valence-electron chi connectivity index (χ3n) is 5.61. The van der Waals surface area contributed by atoms with Crippen LogP contribution in [0.15, 0.2) is 36.9 Å². The summed E-state index contributed by atoms with van der Waals surface area (Å²) in [4.78, 5) is 20.2. The molecule has 1 aliphatic rings. The van der Waals surface area contributed by atoms with Crippen molar-refractivity contribution in [1.29, 1.82) is 5.26 Å². The van der Waals surface area contributed by atoms with Gasteiger partial charge in [0.15, 0.2) is 0 Å². The van der Waals surface area contributed by atoms with Crippen molar-refractivity contribution in [2.45, 2.75) is 46.0 Å². The molecule has 158 valence electrons. The average molecular weight is 418 g/mol. The standard InChI is InChI=1S/C21H21F3N4O2/c1-19(2)17(28-16(29)13-9-26-11-27-10-13)20(3,4)18(19)30-14-6-5-12(8-25)15(7-14)21(22,23)24/h5-7,9-11,17-18H,1-4H3,(H,28,29)/t17-,18-. The van der Waals surface area contributed by atoms with Gasteiger partial charge in [-0.25, -0.2) is 9.97 Å². The molecule has 0 aliphatic heterocycles. The molecule has 0 spiro atoms. The molecule has 1 saturated carbocycles. The Morgan fingerprint density at radius 2 is 1.77 bits per heavy atom. The zero-order valence-corrected chi connectivity index (χ0v) is 16.9. The van der Waals surface area contributed by atoms with Crippen LogP contribution in [0.1, 0.15) is 49.2 Å². The molecule has 1 heterocycles. The predicted molar refractivity (Wildman–Crippen MR) is 101 cm³/mol. The monoisotopic (exact) mass is 418 g/mol. The molecule has 0 saturated heterocycles. The van der Waals surface area contributed by atoms with Crippen molar-refractivity contribution < 1.29 is 22.7 Å². The van der Waals surface area contributed by atoms with Crippen LogP contribution < -0.4 is 10.1 Å². The second-order valence-corrected chi connectivity index (χ2v) is 8.49. The normalized spacial score (nSPS) is 21.8. The first kappa shape index (κ1) is 21.6. The lowest BCUT2D eigenvalue weighted by atomic mass is 9.49. The summed E-state index contributed by atoms with van der Waals surface area (Å²) in [5, 5.41) is 11.9. The lowest BCUT2D eigenvalue weighted by Crippen LogP contribution is -2.74. The van der Waals surface area contributed by atoms with Crippen LogP contribution in [0.3, 0.4) is 0 Å². The fraction of sp³-hybridized carbons (Fsp3) is 0.429. The number of hydrogen-bond donors (Lipinski definition) is 1. The van der Waals surface area contributed by atoms with Gasteiger partial charge in [0.25, 0.3) is 5.91 Å². The van der Waals surface area contributed by atoms with Crippen LogP contribution in [0.25, 0.3) is 0 Å². The first-order chi connectivity index (χ1) is 13.9. The number of ether oxygens (including phenoxy) is 1. The number of carbonyl (C=O) groups is 1. The summed E-state index contributed by atoms with van der Waals surface area (Å²) >= 11 is 0. The van der Waals surface area contributed by atoms with Gasteiger partial charge in [0, 0.05) is 29.3 Å². The SMILES string of the molecule is CC1(C)[C@H](NC(=O)c2cncnc2)C(C)(C)[C@H]1Oc1ccc(C#N)c(C(F)(F)F)c1. The predicted octanol–water partition coefficient (Wildman–Crippen LogP) is 3.98. The zero-order valence-electron chi connectivity index (χ0n) is 16.9. The number of aromatic nitrogens is 2. The number of nitrogens with one attached hydrogen (secondary N) is 1. The molecule has 1 amide bonds. The summed E-state index contributed by atoms with van der Waals surface area (Å²) in [6.45, 7) is 7.51. The van der Waals surface area contributed by atoms with Crippen LogP contribution in [0.2, 0.25) is 0 Å². The zero-order chi connectivity index (χ0) is 22.3. The third-order valence-corrected chi connectivity index (χ3v) is 5.61. The Bertz CT molecular complexity index is 982. The molecule has 1 N–H and O–H groups in total. The molecular formula is C21H21F3N4O2. The lowest BCUT2D eigenvalue weighted by molar-refractivity contribution is -0.164. The first-order valence-electron chi connectivity index (χ1n) is 9.23. The molecule has 0 atom stereocenters. The summed E-state index contributed by atoms with van der Waals surface area (Å²) in [6, 6.07) is 4.55. The van der Waals surface area contributed by atoms with E-state index in [0.717, 1.165) is 12.1 Å². The Balaban J connectivity index is 1.82. The summed E-state index contributed by atoms with van der Waals surface area (Å²) in [6.07, 6.45) is -1.00. The molecule has 2 aromatic rings. The number of nitriles is 1. The minimum absolute atomic E-state index is 0.0220. The van der Waals surface area contributed by atoms with Gasteiger partial charge >= 0.3 is 6.18 Å². The van der Waals surface area contributed by atoms with Gasteiger partial charge in [-0.15, -0.1) is 0 Å². The highest BCUT2D eigenvalue weighted by Crippen LogP contribution is 2.55. The highest BCUT2D eigenvalue weighted by atomic mass is 19.4. The Morgan fingerprint density at radius 3 is 2.30 bits per heavy atom. The van der Waals surface area contributed by atoms with Crippen molar-refractivity contribution >= 4 is 5.91 Å². The maximum Gasteiger partial charge on any atom is 0.417 e. The molecule has 0 radical (unpaired) electrons. The minimum Gasteiger partial charge on any atom is -0.489 e. The highest BCUT2D eigenvalue weighted by Gasteiger charge is 2.64. The fourth-order valence-corrected chi connectivity index (χ4v) is 4.50. The van der Waals surface area contributed by atoms with Crippen molar-refractivity contribution in [3.8, 4) is 11.8 Å². The van der Waals surface area contributed by atoms with Crippen LogP contribution in [-0.4, -0.2) is 28.0 Å². The van der Waals surface area contributed by atoms with Crippen LogP contribution in [-0.2, 0) is 6.18 Å². The van der Waals surface area contributed by atoms with E-state index in [2.05, 4.69) is 15.3 Å². The molecule has 1 aliphatic carbocycles. The number of benzene rings is 1. The quantitative estimate of drug-likeness (QED) is 0.812. The minimum atomic E-state index is -4.66. The van der Waals surface area contributed by atoms with Gasteiger partial charge in [0.1, 0.15) is 18.2 Å². The van der Waals surface area contributed by atoms with Gasteiger partial charge in [-0.1, -0.05) is 27.7 Å². The Hall–Kier alpha value is -3.15. The molecule has 1 aromatic carbocycles. The largest absolute Gasteiger partial charge is 0.489 e. The van der Waals surface area contributed by atoms with Gasteiger partial charge < -0.3 is 10.1 Å². The van der Waals surface area contributed by atoms with Gasteiger partial charge in [-0.2, -0.15) is 18.4 Å². The van der Waals surface area contributed by atoms with Crippen molar-refractivity contribution in [2.24, 2.45) is 10.8 Å².